The summed E-state index contributed by atoms with van der Waals surface area (Å²) in [6.45, 7) is 8.83. The molecule has 1 saturated carbocycles. The van der Waals surface area contributed by atoms with Crippen LogP contribution >= 0.6 is 0 Å². The number of nitrogens with zero attached hydrogens (tertiary/aromatic N) is 1. The summed E-state index contributed by atoms with van der Waals surface area (Å²) < 4.78 is 0. The molecule has 2 unspecified atom stereocenters. The minimum atomic E-state index is -0.667. The molecule has 1 N–H and O–H groups in total. The number of piperazine rings is 1. The van der Waals surface area contributed by atoms with Gasteiger partial charge in [-0.1, -0.05) is 27.2 Å². The molecule has 1 aliphatic heterocycles. The molecule has 2 rings (SSSR count). The molecule has 0 radical (unpaired) electrons. The first-order valence-corrected chi connectivity index (χ1v) is 8.01. The SMILES string of the molecule is CCC1(C)C(=O)NC(CC(C)C)C(=O)N1CC1CCC1. The van der Waals surface area contributed by atoms with E-state index in [9.17, 15) is 9.59 Å². The summed E-state index contributed by atoms with van der Waals surface area (Å²) in [5.74, 6) is 1.13. The second kappa shape index (κ2) is 5.74. The molecule has 2 amide bonds. The van der Waals surface area contributed by atoms with E-state index in [4.69, 9.17) is 0 Å². The first kappa shape index (κ1) is 15.3. The molecule has 1 heterocycles. The van der Waals surface area contributed by atoms with Gasteiger partial charge in [-0.25, -0.2) is 0 Å². The Bertz CT molecular complexity index is 390. The van der Waals surface area contributed by atoms with E-state index in [2.05, 4.69) is 19.2 Å². The third-order valence-electron chi connectivity index (χ3n) is 5.02. The third-order valence-corrected chi connectivity index (χ3v) is 5.02. The smallest absolute Gasteiger partial charge is 0.246 e. The number of amides is 2. The number of carbonyl (C=O) groups is 2. The summed E-state index contributed by atoms with van der Waals surface area (Å²) in [7, 11) is 0. The fraction of sp³-hybridized carbons (Fsp3) is 0.875. The quantitative estimate of drug-likeness (QED) is 0.840. The minimum Gasteiger partial charge on any atom is -0.342 e. The Labute approximate surface area is 122 Å². The van der Waals surface area contributed by atoms with Crippen molar-refractivity contribution >= 4 is 11.8 Å². The van der Waals surface area contributed by atoms with Crippen molar-refractivity contribution in [1.82, 2.24) is 10.2 Å². The maximum absolute atomic E-state index is 12.8. The average molecular weight is 280 g/mol. The Morgan fingerprint density at radius 1 is 1.35 bits per heavy atom. The second-order valence-electron chi connectivity index (χ2n) is 7.03. The highest BCUT2D eigenvalue weighted by atomic mass is 16.2. The van der Waals surface area contributed by atoms with Gasteiger partial charge < -0.3 is 10.2 Å². The zero-order valence-corrected chi connectivity index (χ0v) is 13.2. The number of carbonyl (C=O) groups excluding carboxylic acids is 2. The van der Waals surface area contributed by atoms with Crippen LogP contribution in [0.1, 0.15) is 59.8 Å². The third kappa shape index (κ3) is 2.70. The van der Waals surface area contributed by atoms with Crippen LogP contribution in [0.2, 0.25) is 0 Å². The van der Waals surface area contributed by atoms with E-state index in [1.807, 2.05) is 18.7 Å². The fourth-order valence-electron chi connectivity index (χ4n) is 3.14. The van der Waals surface area contributed by atoms with Gasteiger partial charge in [-0.2, -0.15) is 0 Å². The topological polar surface area (TPSA) is 49.4 Å². The van der Waals surface area contributed by atoms with Gasteiger partial charge in [0.15, 0.2) is 0 Å². The van der Waals surface area contributed by atoms with E-state index in [0.29, 0.717) is 18.3 Å². The summed E-state index contributed by atoms with van der Waals surface area (Å²) >= 11 is 0. The van der Waals surface area contributed by atoms with Crippen LogP contribution in [0.5, 0.6) is 0 Å². The van der Waals surface area contributed by atoms with Gasteiger partial charge in [-0.05, 0) is 44.4 Å². The van der Waals surface area contributed by atoms with Crippen LogP contribution in [0.15, 0.2) is 0 Å². The average Bonchev–Trinajstić information content (AvgIpc) is 2.33. The summed E-state index contributed by atoms with van der Waals surface area (Å²) in [6.07, 6.45) is 5.05. The first-order valence-electron chi connectivity index (χ1n) is 8.01. The van der Waals surface area contributed by atoms with E-state index >= 15 is 0 Å². The number of hydrogen-bond acceptors (Lipinski definition) is 2. The van der Waals surface area contributed by atoms with E-state index in [0.717, 1.165) is 13.0 Å². The predicted molar refractivity (Wildman–Crippen MR) is 79.1 cm³/mol. The Morgan fingerprint density at radius 3 is 2.45 bits per heavy atom. The Morgan fingerprint density at radius 2 is 2.00 bits per heavy atom. The van der Waals surface area contributed by atoms with Gasteiger partial charge in [0.1, 0.15) is 11.6 Å². The summed E-state index contributed by atoms with van der Waals surface area (Å²) in [5, 5.41) is 2.95. The van der Waals surface area contributed by atoms with Gasteiger partial charge in [0.25, 0.3) is 0 Å². The molecule has 0 bridgehead atoms. The standard InChI is InChI=1S/C16H28N2O2/c1-5-16(4)15(20)17-13(9-11(2)3)14(19)18(16)10-12-7-6-8-12/h11-13H,5-10H2,1-4H3,(H,17,20). The molecule has 0 spiro atoms. The molecule has 114 valence electrons. The lowest BCUT2D eigenvalue weighted by Gasteiger charge is -2.48. The number of nitrogens with one attached hydrogen (secondary N) is 1. The van der Waals surface area contributed by atoms with Crippen LogP contribution in [-0.2, 0) is 9.59 Å². The summed E-state index contributed by atoms with van der Waals surface area (Å²) in [4.78, 5) is 27.1. The van der Waals surface area contributed by atoms with Crippen LogP contribution in [0.4, 0.5) is 0 Å². The van der Waals surface area contributed by atoms with Crippen molar-refractivity contribution in [3.63, 3.8) is 0 Å². The van der Waals surface area contributed by atoms with Gasteiger partial charge in [0, 0.05) is 6.54 Å². The Hall–Kier alpha value is -1.06. The van der Waals surface area contributed by atoms with Crippen molar-refractivity contribution in [2.75, 3.05) is 6.54 Å². The molecule has 2 fully saturated rings. The molecule has 4 heteroatoms. The van der Waals surface area contributed by atoms with Gasteiger partial charge in [-0.15, -0.1) is 0 Å². The maximum atomic E-state index is 12.8. The molecule has 20 heavy (non-hydrogen) atoms. The lowest BCUT2D eigenvalue weighted by Crippen LogP contribution is -2.70. The molecule has 1 aliphatic carbocycles. The van der Waals surface area contributed by atoms with Crippen molar-refractivity contribution in [1.29, 1.82) is 0 Å². The lowest BCUT2D eigenvalue weighted by atomic mass is 9.81. The van der Waals surface area contributed by atoms with Crippen LogP contribution in [0, 0.1) is 11.8 Å². The van der Waals surface area contributed by atoms with Gasteiger partial charge >= 0.3 is 0 Å². The van der Waals surface area contributed by atoms with E-state index < -0.39 is 5.54 Å². The zero-order chi connectivity index (χ0) is 14.9. The van der Waals surface area contributed by atoms with Crippen LogP contribution < -0.4 is 5.32 Å². The molecular weight excluding hydrogens is 252 g/mol. The fourth-order valence-corrected chi connectivity index (χ4v) is 3.14. The molecule has 0 aromatic carbocycles. The largest absolute Gasteiger partial charge is 0.342 e. The molecule has 0 aromatic rings. The number of hydrogen-bond donors (Lipinski definition) is 1. The van der Waals surface area contributed by atoms with Crippen molar-refractivity contribution in [2.45, 2.75) is 71.4 Å². The Balaban J connectivity index is 2.18. The van der Waals surface area contributed by atoms with Crippen LogP contribution in [-0.4, -0.2) is 34.8 Å². The summed E-state index contributed by atoms with van der Waals surface area (Å²) in [6, 6.07) is -0.331. The summed E-state index contributed by atoms with van der Waals surface area (Å²) in [5.41, 5.74) is -0.667. The van der Waals surface area contributed by atoms with Crippen molar-refractivity contribution in [3.05, 3.63) is 0 Å². The van der Waals surface area contributed by atoms with Crippen molar-refractivity contribution < 1.29 is 9.59 Å². The maximum Gasteiger partial charge on any atom is 0.246 e. The molecule has 2 atom stereocenters. The van der Waals surface area contributed by atoms with Gasteiger partial charge in [0.05, 0.1) is 0 Å². The zero-order valence-electron chi connectivity index (χ0n) is 13.2. The van der Waals surface area contributed by atoms with Crippen molar-refractivity contribution in [3.8, 4) is 0 Å². The van der Waals surface area contributed by atoms with Gasteiger partial charge in [0.2, 0.25) is 11.8 Å². The van der Waals surface area contributed by atoms with E-state index in [-0.39, 0.29) is 17.9 Å². The van der Waals surface area contributed by atoms with E-state index in [1.54, 1.807) is 0 Å². The molecule has 2 aliphatic rings. The predicted octanol–water partition coefficient (Wildman–Crippen LogP) is 2.33. The monoisotopic (exact) mass is 280 g/mol. The highest BCUT2D eigenvalue weighted by Gasteiger charge is 2.48. The van der Waals surface area contributed by atoms with Crippen LogP contribution in [0.3, 0.4) is 0 Å². The minimum absolute atomic E-state index is 0.0181. The normalized spacial score (nSPS) is 31.4. The molecule has 0 aromatic heterocycles. The van der Waals surface area contributed by atoms with Gasteiger partial charge in [-0.3, -0.25) is 9.59 Å². The molecular formula is C16H28N2O2. The van der Waals surface area contributed by atoms with Crippen molar-refractivity contribution in [2.24, 2.45) is 11.8 Å². The van der Waals surface area contributed by atoms with Crippen LogP contribution in [0.25, 0.3) is 0 Å². The highest BCUT2D eigenvalue weighted by molar-refractivity contribution is 5.99. The second-order valence-corrected chi connectivity index (χ2v) is 7.03. The first-order chi connectivity index (χ1) is 9.38. The molecule has 1 saturated heterocycles. The molecule has 4 nitrogen and oxygen atoms in total. The van der Waals surface area contributed by atoms with E-state index in [1.165, 1.54) is 19.3 Å². The Kier molecular flexibility index (Phi) is 4.40. The highest BCUT2D eigenvalue weighted by Crippen LogP contribution is 2.33. The lowest BCUT2D eigenvalue weighted by molar-refractivity contribution is -0.158. The number of rotatable bonds is 5.